The van der Waals surface area contributed by atoms with Crippen LogP contribution in [-0.2, 0) is 9.47 Å². The number of rotatable bonds is 6. The monoisotopic (exact) mass is 483 g/mol. The van der Waals surface area contributed by atoms with Crippen LogP contribution in [0.25, 0.3) is 11.3 Å². The van der Waals surface area contributed by atoms with Crippen LogP contribution in [0.1, 0.15) is 11.3 Å². The third kappa shape index (κ3) is 5.30. The van der Waals surface area contributed by atoms with Gasteiger partial charge in [0.15, 0.2) is 0 Å². The van der Waals surface area contributed by atoms with Gasteiger partial charge in [-0.3, -0.25) is 0 Å². The summed E-state index contributed by atoms with van der Waals surface area (Å²) >= 11 is 6.24. The lowest BCUT2D eigenvalue weighted by molar-refractivity contribution is 0.121. The van der Waals surface area contributed by atoms with Gasteiger partial charge in [-0.15, -0.1) is 0 Å². The van der Waals surface area contributed by atoms with Gasteiger partial charge in [-0.05, 0) is 30.7 Å². The van der Waals surface area contributed by atoms with Gasteiger partial charge in [0, 0.05) is 36.8 Å². The van der Waals surface area contributed by atoms with Gasteiger partial charge in [0.1, 0.15) is 11.5 Å². The molecule has 0 bridgehead atoms. The number of anilines is 3. The van der Waals surface area contributed by atoms with E-state index in [-0.39, 0.29) is 0 Å². The number of aryl methyl sites for hydroxylation is 1. The number of morpholine rings is 2. The molecule has 0 saturated carbocycles. The van der Waals surface area contributed by atoms with E-state index in [0.717, 1.165) is 37.3 Å². The molecule has 2 aliphatic rings. The summed E-state index contributed by atoms with van der Waals surface area (Å²) in [5, 5.41) is 4.99. The van der Waals surface area contributed by atoms with Crippen molar-refractivity contribution in [3.63, 3.8) is 0 Å². The molecule has 1 aromatic carbocycles. The Bertz CT molecular complexity index is 1120. The molecule has 2 saturated heterocycles. The van der Waals surface area contributed by atoms with E-state index in [9.17, 15) is 0 Å². The summed E-state index contributed by atoms with van der Waals surface area (Å²) in [6, 6.07) is 9.57. The van der Waals surface area contributed by atoms with Crippen LogP contribution in [0.2, 0.25) is 5.02 Å². The number of ether oxygens (including phenoxy) is 2. The van der Waals surface area contributed by atoms with Crippen LogP contribution in [0.5, 0.6) is 0 Å². The molecule has 2 aliphatic heterocycles. The first kappa shape index (κ1) is 22.6. The van der Waals surface area contributed by atoms with Gasteiger partial charge >= 0.3 is 0 Å². The Morgan fingerprint density at radius 3 is 2.18 bits per heavy atom. The zero-order chi connectivity index (χ0) is 23.3. The summed E-state index contributed by atoms with van der Waals surface area (Å²) in [6.45, 7) is 7.47. The first-order valence-electron chi connectivity index (χ1n) is 11.2. The van der Waals surface area contributed by atoms with E-state index in [2.05, 4.69) is 30.3 Å². The van der Waals surface area contributed by atoms with E-state index >= 15 is 0 Å². The molecule has 0 aliphatic carbocycles. The summed E-state index contributed by atoms with van der Waals surface area (Å²) in [5.74, 6) is 2.89. The molecular weight excluding hydrogens is 458 g/mol. The summed E-state index contributed by atoms with van der Waals surface area (Å²) in [4.78, 5) is 18.0. The van der Waals surface area contributed by atoms with Gasteiger partial charge in [-0.25, -0.2) is 5.43 Å². The third-order valence-corrected chi connectivity index (χ3v) is 6.05. The number of benzene rings is 1. The minimum Gasteiger partial charge on any atom is -0.455 e. The van der Waals surface area contributed by atoms with Crippen molar-refractivity contribution in [1.29, 1.82) is 0 Å². The Balaban J connectivity index is 1.33. The molecule has 0 atom stereocenters. The number of hydrazone groups is 1. The number of hydrogen-bond acceptors (Lipinski definition) is 10. The van der Waals surface area contributed by atoms with E-state index in [1.165, 1.54) is 0 Å². The predicted octanol–water partition coefficient (Wildman–Crippen LogP) is 3.21. The van der Waals surface area contributed by atoms with Crippen molar-refractivity contribution in [2.45, 2.75) is 6.92 Å². The first-order valence-corrected chi connectivity index (χ1v) is 11.6. The fourth-order valence-corrected chi connectivity index (χ4v) is 3.87. The average molecular weight is 484 g/mol. The summed E-state index contributed by atoms with van der Waals surface area (Å²) in [7, 11) is 0. The van der Waals surface area contributed by atoms with E-state index in [4.69, 9.17) is 30.5 Å². The molecule has 5 rings (SSSR count). The van der Waals surface area contributed by atoms with Gasteiger partial charge < -0.3 is 23.7 Å². The van der Waals surface area contributed by atoms with Gasteiger partial charge in [0.25, 0.3) is 0 Å². The highest BCUT2D eigenvalue weighted by molar-refractivity contribution is 6.31. The second kappa shape index (κ2) is 10.4. The zero-order valence-corrected chi connectivity index (χ0v) is 19.7. The molecule has 0 spiro atoms. The Labute approximate surface area is 202 Å². The molecule has 2 fully saturated rings. The molecule has 0 amide bonds. The molecule has 0 radical (unpaired) electrons. The normalized spacial score (nSPS) is 16.9. The third-order valence-electron chi connectivity index (χ3n) is 5.64. The highest BCUT2D eigenvalue weighted by Gasteiger charge is 2.20. The molecule has 10 nitrogen and oxygen atoms in total. The van der Waals surface area contributed by atoms with Gasteiger partial charge in [0.05, 0.1) is 32.6 Å². The number of nitrogens with one attached hydrogen (secondary N) is 1. The highest BCUT2D eigenvalue weighted by Crippen LogP contribution is 2.26. The SMILES string of the molecule is Cc1ccc(-c2ccc(/C=N/Nc3nc(N4CCOCC4)nc(N4CCOCC4)n3)o2)cc1Cl. The summed E-state index contributed by atoms with van der Waals surface area (Å²) < 4.78 is 16.8. The van der Waals surface area contributed by atoms with Crippen molar-refractivity contribution in [3.8, 4) is 11.3 Å². The van der Waals surface area contributed by atoms with Crippen molar-refractivity contribution in [3.05, 3.63) is 46.7 Å². The number of halogens is 1. The molecule has 3 aromatic rings. The highest BCUT2D eigenvalue weighted by atomic mass is 35.5. The zero-order valence-electron chi connectivity index (χ0n) is 18.9. The lowest BCUT2D eigenvalue weighted by Crippen LogP contribution is -2.40. The second-order valence-electron chi connectivity index (χ2n) is 7.99. The van der Waals surface area contributed by atoms with Gasteiger partial charge in [-0.1, -0.05) is 23.7 Å². The summed E-state index contributed by atoms with van der Waals surface area (Å²) in [5.41, 5.74) is 4.86. The smallest absolute Gasteiger partial charge is 0.250 e. The molecule has 1 N–H and O–H groups in total. The Kier molecular flexibility index (Phi) is 6.89. The quantitative estimate of drug-likeness (QED) is 0.418. The topological polar surface area (TPSA) is 101 Å². The second-order valence-corrected chi connectivity index (χ2v) is 8.40. The van der Waals surface area contributed by atoms with Crippen LogP contribution in [-0.4, -0.2) is 73.8 Å². The van der Waals surface area contributed by atoms with Crippen LogP contribution >= 0.6 is 11.6 Å². The number of furan rings is 1. The van der Waals surface area contributed by atoms with Gasteiger partial charge in [0.2, 0.25) is 17.8 Å². The van der Waals surface area contributed by atoms with Crippen molar-refractivity contribution in [1.82, 2.24) is 15.0 Å². The Morgan fingerprint density at radius 2 is 1.56 bits per heavy atom. The molecular formula is C23H26ClN7O3. The molecule has 2 aromatic heterocycles. The maximum atomic E-state index is 6.24. The van der Waals surface area contributed by atoms with Gasteiger partial charge in [-0.2, -0.15) is 20.1 Å². The Morgan fingerprint density at radius 1 is 0.912 bits per heavy atom. The molecule has 178 valence electrons. The lowest BCUT2D eigenvalue weighted by Gasteiger charge is -2.30. The van der Waals surface area contributed by atoms with Crippen LogP contribution < -0.4 is 15.2 Å². The predicted molar refractivity (Wildman–Crippen MR) is 131 cm³/mol. The van der Waals surface area contributed by atoms with Crippen molar-refractivity contribution in [2.24, 2.45) is 5.10 Å². The molecule has 11 heteroatoms. The molecule has 4 heterocycles. The van der Waals surface area contributed by atoms with E-state index in [0.29, 0.717) is 60.8 Å². The van der Waals surface area contributed by atoms with E-state index in [1.807, 2.05) is 37.3 Å². The minimum absolute atomic E-state index is 0.367. The summed E-state index contributed by atoms with van der Waals surface area (Å²) in [6.07, 6.45) is 1.59. The van der Waals surface area contributed by atoms with Crippen molar-refractivity contribution < 1.29 is 13.9 Å². The van der Waals surface area contributed by atoms with Crippen molar-refractivity contribution in [2.75, 3.05) is 67.8 Å². The van der Waals surface area contributed by atoms with Crippen LogP contribution in [0, 0.1) is 6.92 Å². The molecule has 0 unspecified atom stereocenters. The number of hydrogen-bond donors (Lipinski definition) is 1. The van der Waals surface area contributed by atoms with Crippen LogP contribution in [0.3, 0.4) is 0 Å². The number of nitrogens with zero attached hydrogens (tertiary/aromatic N) is 6. The maximum absolute atomic E-state index is 6.24. The fourth-order valence-electron chi connectivity index (χ4n) is 3.69. The number of aromatic nitrogens is 3. The maximum Gasteiger partial charge on any atom is 0.250 e. The van der Waals surface area contributed by atoms with E-state index < -0.39 is 0 Å². The fraction of sp³-hybridized carbons (Fsp3) is 0.391. The van der Waals surface area contributed by atoms with E-state index in [1.54, 1.807) is 6.21 Å². The molecule has 34 heavy (non-hydrogen) atoms. The lowest BCUT2D eigenvalue weighted by atomic mass is 10.1. The van der Waals surface area contributed by atoms with Crippen molar-refractivity contribution >= 4 is 35.7 Å². The van der Waals surface area contributed by atoms with Crippen LogP contribution in [0.15, 0.2) is 39.9 Å². The Hall–Kier alpha value is -3.21. The van der Waals surface area contributed by atoms with Crippen LogP contribution in [0.4, 0.5) is 17.8 Å². The standard InChI is InChI=1S/C23H26ClN7O3/c1-16-2-3-17(14-19(16)24)20-5-4-18(34-20)15-25-29-21-26-22(30-6-10-32-11-7-30)28-23(27-21)31-8-12-33-13-9-31/h2-5,14-15H,6-13H2,1H3,(H,26,27,28,29)/b25-15+. The largest absolute Gasteiger partial charge is 0.455 e. The first-order chi connectivity index (χ1) is 16.7. The average Bonchev–Trinajstić information content (AvgIpc) is 3.35. The minimum atomic E-state index is 0.367.